The van der Waals surface area contributed by atoms with Gasteiger partial charge in [0.05, 0.1) is 28.3 Å². The zero-order valence-corrected chi connectivity index (χ0v) is 20.5. The van der Waals surface area contributed by atoms with Crippen molar-refractivity contribution in [2.24, 2.45) is 0 Å². The van der Waals surface area contributed by atoms with E-state index in [-0.39, 0.29) is 30.1 Å². The van der Waals surface area contributed by atoms with Gasteiger partial charge in [-0.25, -0.2) is 13.8 Å². The predicted molar refractivity (Wildman–Crippen MR) is 131 cm³/mol. The van der Waals surface area contributed by atoms with E-state index in [9.17, 15) is 23.5 Å². The Morgan fingerprint density at radius 2 is 2.06 bits per heavy atom. The van der Waals surface area contributed by atoms with Crippen LogP contribution in [0.5, 0.6) is 0 Å². The van der Waals surface area contributed by atoms with Crippen molar-refractivity contribution < 1.29 is 18.7 Å². The number of aliphatic hydroxyl groups excluding tert-OH is 1. The highest BCUT2D eigenvalue weighted by Crippen LogP contribution is 2.42. The number of fused-ring (bicyclic) bond motifs is 2. The minimum atomic E-state index is -3.01. The number of carbonyl (C=O) groups is 1. The topological polar surface area (TPSA) is 98.3 Å². The lowest BCUT2D eigenvalue weighted by molar-refractivity contribution is -0.134. The fraction of sp³-hybridized carbons (Fsp3) is 0.480. The summed E-state index contributed by atoms with van der Waals surface area (Å²) in [5.74, 6) is -4.55. The summed E-state index contributed by atoms with van der Waals surface area (Å²) in [4.78, 5) is 33.9. The van der Waals surface area contributed by atoms with Crippen LogP contribution in [0.1, 0.15) is 54.9 Å². The number of H-pyrrole nitrogens is 1. The Morgan fingerprint density at radius 3 is 2.80 bits per heavy atom. The summed E-state index contributed by atoms with van der Waals surface area (Å²) in [5, 5.41) is 12.8. The maximum atomic E-state index is 14.9. The summed E-state index contributed by atoms with van der Waals surface area (Å²) >= 11 is 1.42. The van der Waals surface area contributed by atoms with E-state index >= 15 is 0 Å². The molecule has 2 aromatic heterocycles. The molecule has 0 saturated carbocycles. The van der Waals surface area contributed by atoms with E-state index in [1.165, 1.54) is 34.7 Å². The Bertz CT molecular complexity index is 1310. The van der Waals surface area contributed by atoms with Crippen LogP contribution in [0.15, 0.2) is 29.2 Å². The Morgan fingerprint density at radius 1 is 1.31 bits per heavy atom. The monoisotopic (exact) mass is 502 g/mol. The fourth-order valence-electron chi connectivity index (χ4n) is 5.07. The minimum Gasteiger partial charge on any atom is -0.391 e. The number of anilines is 1. The van der Waals surface area contributed by atoms with Crippen LogP contribution in [-0.2, 0) is 24.2 Å². The number of likely N-dealkylation sites (tertiary alicyclic amines) is 1. The van der Waals surface area contributed by atoms with E-state index in [2.05, 4.69) is 27.4 Å². The second kappa shape index (κ2) is 8.76. The average molecular weight is 503 g/mol. The number of hydrogen-bond donors (Lipinski definition) is 3. The molecule has 5 rings (SSSR count). The van der Waals surface area contributed by atoms with Crippen LogP contribution in [0.4, 0.5) is 13.9 Å². The van der Waals surface area contributed by atoms with Gasteiger partial charge in [-0.15, -0.1) is 0 Å². The molecule has 1 atom stereocenters. The van der Waals surface area contributed by atoms with Crippen molar-refractivity contribution in [3.8, 4) is 0 Å². The SMILES string of the molecule is CC(C)(C(=O)Nc1nc2cc3c(cc2s1)CCC3)N1CCC(F)(F)C(c2c[nH]c(=O)c(CO)c2)C1. The van der Waals surface area contributed by atoms with E-state index in [1.54, 1.807) is 18.7 Å². The van der Waals surface area contributed by atoms with Crippen LogP contribution in [0.25, 0.3) is 10.2 Å². The Kier molecular flexibility index (Phi) is 6.01. The molecule has 1 aliphatic heterocycles. The smallest absolute Gasteiger partial charge is 0.257 e. The van der Waals surface area contributed by atoms with Crippen molar-refractivity contribution in [1.29, 1.82) is 0 Å². The molecular formula is C25H28F2N4O3S. The number of piperidine rings is 1. The molecule has 1 fully saturated rings. The van der Waals surface area contributed by atoms with Crippen LogP contribution in [0, 0.1) is 0 Å². The van der Waals surface area contributed by atoms with Gasteiger partial charge in [0.2, 0.25) is 5.91 Å². The number of pyridine rings is 1. The number of nitrogens with zero attached hydrogens (tertiary/aromatic N) is 2. The molecule has 1 aliphatic carbocycles. The first kappa shape index (κ1) is 24.0. The van der Waals surface area contributed by atoms with E-state index in [0.717, 1.165) is 29.5 Å². The van der Waals surface area contributed by atoms with Crippen LogP contribution in [0.2, 0.25) is 0 Å². The van der Waals surface area contributed by atoms with Crippen LogP contribution >= 0.6 is 11.3 Å². The summed E-state index contributed by atoms with van der Waals surface area (Å²) in [6.07, 6.45) is 4.12. The molecule has 186 valence electrons. The number of benzene rings is 1. The Hall–Kier alpha value is -2.69. The van der Waals surface area contributed by atoms with Gasteiger partial charge >= 0.3 is 0 Å². The van der Waals surface area contributed by atoms with Crippen LogP contribution < -0.4 is 10.9 Å². The number of nitrogens with one attached hydrogen (secondary N) is 2. The number of aliphatic hydroxyl groups is 1. The highest BCUT2D eigenvalue weighted by atomic mass is 32.1. The van der Waals surface area contributed by atoms with Crippen molar-refractivity contribution in [3.05, 3.63) is 57.0 Å². The summed E-state index contributed by atoms with van der Waals surface area (Å²) < 4.78 is 30.9. The molecule has 1 amide bonds. The number of rotatable bonds is 5. The molecule has 3 aromatic rings. The third-order valence-electron chi connectivity index (χ3n) is 7.37. The molecule has 1 aromatic carbocycles. The van der Waals surface area contributed by atoms with Crippen LogP contribution in [0.3, 0.4) is 0 Å². The van der Waals surface area contributed by atoms with Gasteiger partial charge in [-0.3, -0.25) is 14.5 Å². The van der Waals surface area contributed by atoms with E-state index in [0.29, 0.717) is 5.13 Å². The van der Waals surface area contributed by atoms with Gasteiger partial charge in [-0.2, -0.15) is 0 Å². The highest BCUT2D eigenvalue weighted by molar-refractivity contribution is 7.22. The number of aromatic nitrogens is 2. The predicted octanol–water partition coefficient (Wildman–Crippen LogP) is 3.81. The lowest BCUT2D eigenvalue weighted by atomic mass is 9.84. The molecule has 3 N–H and O–H groups in total. The Balaban J connectivity index is 1.36. The zero-order valence-electron chi connectivity index (χ0n) is 19.7. The average Bonchev–Trinajstić information content (AvgIpc) is 3.42. The number of aryl methyl sites for hydroxylation is 2. The summed E-state index contributed by atoms with van der Waals surface area (Å²) in [7, 11) is 0. The van der Waals surface area contributed by atoms with Crippen molar-refractivity contribution in [2.45, 2.75) is 63.5 Å². The standard InChI is InChI=1S/C25H28F2N4O3S/c1-24(2,22(34)30-23-29-19-9-14-4-3-5-15(14)10-20(19)35-23)31-7-6-25(26,27)18(12-31)16-8-17(13-32)21(33)28-11-16/h8-11,18,32H,3-7,12-13H2,1-2H3,(H,28,33)(H,29,30,34). The first-order valence-electron chi connectivity index (χ1n) is 11.8. The van der Waals surface area contributed by atoms with Crippen molar-refractivity contribution in [3.63, 3.8) is 0 Å². The number of amides is 1. The maximum absolute atomic E-state index is 14.9. The number of aromatic amines is 1. The number of hydrogen-bond acceptors (Lipinski definition) is 6. The first-order valence-corrected chi connectivity index (χ1v) is 12.6. The lowest BCUT2D eigenvalue weighted by Crippen LogP contribution is -2.58. The number of thiazole rings is 1. The normalized spacial score (nSPS) is 20.2. The van der Waals surface area contributed by atoms with Gasteiger partial charge in [0, 0.05) is 31.3 Å². The molecule has 2 aliphatic rings. The third-order valence-corrected chi connectivity index (χ3v) is 8.31. The van der Waals surface area contributed by atoms with Gasteiger partial charge in [0.1, 0.15) is 0 Å². The largest absolute Gasteiger partial charge is 0.391 e. The van der Waals surface area contributed by atoms with Crippen molar-refractivity contribution in [1.82, 2.24) is 14.9 Å². The summed E-state index contributed by atoms with van der Waals surface area (Å²) in [5.41, 5.74) is 2.20. The lowest BCUT2D eigenvalue weighted by Gasteiger charge is -2.45. The molecule has 7 nitrogen and oxygen atoms in total. The van der Waals surface area contributed by atoms with Gasteiger partial charge in [0.15, 0.2) is 5.13 Å². The molecule has 0 bridgehead atoms. The first-order chi connectivity index (χ1) is 16.6. The molecule has 3 heterocycles. The quantitative estimate of drug-likeness (QED) is 0.493. The molecule has 1 saturated heterocycles. The van der Waals surface area contributed by atoms with Crippen molar-refractivity contribution >= 4 is 32.6 Å². The minimum absolute atomic E-state index is 0.0363. The van der Waals surface area contributed by atoms with Gasteiger partial charge in [0.25, 0.3) is 11.5 Å². The van der Waals surface area contributed by atoms with Gasteiger partial charge in [-0.1, -0.05) is 11.3 Å². The summed E-state index contributed by atoms with van der Waals surface area (Å²) in [6, 6.07) is 5.57. The molecule has 10 heteroatoms. The highest BCUT2D eigenvalue weighted by Gasteiger charge is 2.49. The second-order valence-corrected chi connectivity index (χ2v) is 11.0. The second-order valence-electron chi connectivity index (χ2n) is 9.93. The molecule has 35 heavy (non-hydrogen) atoms. The number of alkyl halides is 2. The summed E-state index contributed by atoms with van der Waals surface area (Å²) in [6.45, 7) is 2.88. The van der Waals surface area contributed by atoms with E-state index in [1.807, 2.05) is 0 Å². The molecular weight excluding hydrogens is 474 g/mol. The zero-order chi connectivity index (χ0) is 25.0. The fourth-order valence-corrected chi connectivity index (χ4v) is 5.98. The Labute approximate surface area is 205 Å². The van der Waals surface area contributed by atoms with E-state index in [4.69, 9.17) is 0 Å². The maximum Gasteiger partial charge on any atom is 0.257 e. The van der Waals surface area contributed by atoms with Crippen molar-refractivity contribution in [2.75, 3.05) is 18.4 Å². The molecule has 1 unspecified atom stereocenters. The van der Waals surface area contributed by atoms with Gasteiger partial charge < -0.3 is 15.4 Å². The number of carbonyl (C=O) groups excluding carboxylic acids is 1. The molecule has 0 radical (unpaired) electrons. The van der Waals surface area contributed by atoms with Crippen LogP contribution in [-0.4, -0.2) is 50.4 Å². The van der Waals surface area contributed by atoms with Gasteiger partial charge in [-0.05, 0) is 68.0 Å². The third kappa shape index (κ3) is 4.39. The van der Waals surface area contributed by atoms with E-state index < -0.39 is 36.0 Å². The number of halogens is 2. The molecule has 0 spiro atoms.